The van der Waals surface area contributed by atoms with E-state index in [2.05, 4.69) is 10.6 Å². The third-order valence-electron chi connectivity index (χ3n) is 5.77. The fourth-order valence-electron chi connectivity index (χ4n) is 4.07. The Morgan fingerprint density at radius 1 is 1.15 bits per heavy atom. The number of rotatable bonds is 7. The maximum Gasteiger partial charge on any atom is 0.405 e. The van der Waals surface area contributed by atoms with Crippen LogP contribution in [0.4, 0.5) is 4.79 Å². The van der Waals surface area contributed by atoms with E-state index in [1.165, 1.54) is 19.3 Å². The third-order valence-corrected chi connectivity index (χ3v) is 5.77. The summed E-state index contributed by atoms with van der Waals surface area (Å²) in [6, 6.07) is 10.2. The molecule has 5 heteroatoms. The topological polar surface area (TPSA) is 81.6 Å². The van der Waals surface area contributed by atoms with E-state index in [-0.39, 0.29) is 0 Å². The van der Waals surface area contributed by atoms with Gasteiger partial charge < -0.3 is 20.8 Å². The monoisotopic (exact) mass is 362 g/mol. The van der Waals surface area contributed by atoms with Gasteiger partial charge >= 0.3 is 6.09 Å². The third kappa shape index (κ3) is 5.21. The lowest BCUT2D eigenvalue weighted by atomic mass is 9.66. The second-order valence-corrected chi connectivity index (χ2v) is 8.57. The number of amides is 1. The molecule has 1 aliphatic carbocycles. The summed E-state index contributed by atoms with van der Waals surface area (Å²) >= 11 is 0. The van der Waals surface area contributed by atoms with Crippen LogP contribution in [0.15, 0.2) is 30.3 Å². The van der Waals surface area contributed by atoms with Gasteiger partial charge in [0.25, 0.3) is 0 Å². The minimum atomic E-state index is -1.10. The molecule has 1 amide bonds. The van der Waals surface area contributed by atoms with Gasteiger partial charge in [0.05, 0.1) is 11.6 Å². The van der Waals surface area contributed by atoms with Gasteiger partial charge in [0.1, 0.15) is 0 Å². The van der Waals surface area contributed by atoms with Gasteiger partial charge in [0, 0.05) is 12.6 Å². The van der Waals surface area contributed by atoms with E-state index in [0.717, 1.165) is 18.4 Å². The van der Waals surface area contributed by atoms with E-state index >= 15 is 0 Å². The van der Waals surface area contributed by atoms with Crippen LogP contribution in [-0.4, -0.2) is 40.5 Å². The number of benzene rings is 1. The highest BCUT2D eigenvalue weighted by Gasteiger charge is 2.49. The van der Waals surface area contributed by atoms with Crippen molar-refractivity contribution in [3.63, 3.8) is 0 Å². The second kappa shape index (κ2) is 8.87. The lowest BCUT2D eigenvalue weighted by Gasteiger charge is -2.48. The van der Waals surface area contributed by atoms with Crippen LogP contribution >= 0.6 is 0 Å². The summed E-state index contributed by atoms with van der Waals surface area (Å²) in [5, 5.41) is 26.8. The van der Waals surface area contributed by atoms with Crippen molar-refractivity contribution in [2.75, 3.05) is 6.54 Å². The van der Waals surface area contributed by atoms with Crippen LogP contribution in [0.5, 0.6) is 0 Å². The Morgan fingerprint density at radius 3 is 2.31 bits per heavy atom. The average molecular weight is 363 g/mol. The molecule has 0 bridgehead atoms. The summed E-state index contributed by atoms with van der Waals surface area (Å²) in [4.78, 5) is 11.6. The van der Waals surface area contributed by atoms with Crippen molar-refractivity contribution in [1.29, 1.82) is 0 Å². The highest BCUT2D eigenvalue weighted by molar-refractivity contribution is 5.66. The summed E-state index contributed by atoms with van der Waals surface area (Å²) in [6.45, 7) is 6.33. The first-order valence-corrected chi connectivity index (χ1v) is 9.71. The van der Waals surface area contributed by atoms with E-state index < -0.39 is 23.2 Å². The van der Waals surface area contributed by atoms with Crippen molar-refractivity contribution in [3.8, 4) is 0 Å². The van der Waals surface area contributed by atoms with Gasteiger partial charge in [0.15, 0.2) is 0 Å². The molecule has 5 nitrogen and oxygen atoms in total. The number of carboxylic acid groups (broad SMARTS) is 1. The molecule has 0 radical (unpaired) electrons. The summed E-state index contributed by atoms with van der Waals surface area (Å²) in [6.07, 6.45) is 4.47. The molecule has 1 aromatic rings. The largest absolute Gasteiger partial charge is 0.465 e. The number of hydrogen-bond donors (Lipinski definition) is 4. The van der Waals surface area contributed by atoms with Gasteiger partial charge in [-0.15, -0.1) is 0 Å². The van der Waals surface area contributed by atoms with Crippen LogP contribution in [0.2, 0.25) is 0 Å². The first-order chi connectivity index (χ1) is 12.2. The lowest BCUT2D eigenvalue weighted by molar-refractivity contribution is -0.0105. The molecule has 0 aromatic heterocycles. The number of nitrogens with one attached hydrogen (secondary N) is 2. The molecule has 0 unspecified atom stereocenters. The van der Waals surface area contributed by atoms with E-state index in [1.54, 1.807) is 0 Å². The van der Waals surface area contributed by atoms with Crippen LogP contribution in [0.3, 0.4) is 0 Å². The zero-order valence-electron chi connectivity index (χ0n) is 16.3. The van der Waals surface area contributed by atoms with Crippen LogP contribution in [0.1, 0.15) is 58.4 Å². The fraction of sp³-hybridized carbons (Fsp3) is 0.667. The predicted molar refractivity (Wildman–Crippen MR) is 104 cm³/mol. The number of aliphatic hydroxyl groups excluding tert-OH is 1. The van der Waals surface area contributed by atoms with Gasteiger partial charge in [-0.05, 0) is 30.2 Å². The second-order valence-electron chi connectivity index (χ2n) is 8.57. The maximum absolute atomic E-state index is 11.6. The highest BCUT2D eigenvalue weighted by atomic mass is 16.4. The summed E-state index contributed by atoms with van der Waals surface area (Å²) < 4.78 is 0. The van der Waals surface area contributed by atoms with Crippen molar-refractivity contribution in [2.45, 2.75) is 77.0 Å². The molecule has 0 saturated heterocycles. The molecule has 2 rings (SSSR count). The molecule has 0 aliphatic heterocycles. The molecule has 0 heterocycles. The van der Waals surface area contributed by atoms with Crippen molar-refractivity contribution < 1.29 is 15.0 Å². The van der Waals surface area contributed by atoms with E-state index in [1.807, 2.05) is 51.1 Å². The van der Waals surface area contributed by atoms with E-state index in [4.69, 9.17) is 0 Å². The standard InChI is InChI=1S/C21H34N2O3/c1-20(2,3)21(23-19(25)26,14-16-10-6-4-7-11-16)18(24)15-22-17-12-8-5-9-13-17/h4,6-7,10-11,17-18,22-24H,5,8-9,12-15H2,1-3H3,(H,25,26)/t18-,21-/m1/s1. The minimum Gasteiger partial charge on any atom is -0.465 e. The molecule has 1 fully saturated rings. The summed E-state index contributed by atoms with van der Waals surface area (Å²) in [7, 11) is 0. The average Bonchev–Trinajstić information content (AvgIpc) is 2.59. The zero-order chi connectivity index (χ0) is 19.2. The summed E-state index contributed by atoms with van der Waals surface area (Å²) in [5.74, 6) is 0. The van der Waals surface area contributed by atoms with Crippen molar-refractivity contribution in [3.05, 3.63) is 35.9 Å². The zero-order valence-corrected chi connectivity index (χ0v) is 16.3. The first-order valence-electron chi connectivity index (χ1n) is 9.71. The fourth-order valence-corrected chi connectivity index (χ4v) is 4.07. The predicted octanol–water partition coefficient (Wildman–Crippen LogP) is 3.56. The number of carbonyl (C=O) groups is 1. The normalized spacial score (nSPS) is 19.5. The Kier molecular flexibility index (Phi) is 7.07. The smallest absolute Gasteiger partial charge is 0.405 e. The first kappa shape index (κ1) is 20.7. The molecule has 26 heavy (non-hydrogen) atoms. The van der Waals surface area contributed by atoms with Crippen molar-refractivity contribution in [2.24, 2.45) is 5.41 Å². The molecule has 0 spiro atoms. The van der Waals surface area contributed by atoms with Crippen LogP contribution in [0, 0.1) is 5.41 Å². The molecule has 2 atom stereocenters. The van der Waals surface area contributed by atoms with Crippen LogP contribution < -0.4 is 10.6 Å². The van der Waals surface area contributed by atoms with E-state index in [9.17, 15) is 15.0 Å². The van der Waals surface area contributed by atoms with Crippen LogP contribution in [-0.2, 0) is 6.42 Å². The molecular weight excluding hydrogens is 328 g/mol. The van der Waals surface area contributed by atoms with Gasteiger partial charge in [-0.2, -0.15) is 0 Å². The van der Waals surface area contributed by atoms with Gasteiger partial charge in [-0.3, -0.25) is 0 Å². The van der Waals surface area contributed by atoms with Crippen molar-refractivity contribution in [1.82, 2.24) is 10.6 Å². The Hall–Kier alpha value is -1.59. The quantitative estimate of drug-likeness (QED) is 0.598. The highest BCUT2D eigenvalue weighted by Crippen LogP contribution is 2.37. The van der Waals surface area contributed by atoms with Gasteiger partial charge in [-0.25, -0.2) is 4.79 Å². The number of aliphatic hydroxyl groups is 1. The Morgan fingerprint density at radius 2 is 1.77 bits per heavy atom. The molecule has 1 aromatic carbocycles. The van der Waals surface area contributed by atoms with Gasteiger partial charge in [-0.1, -0.05) is 70.4 Å². The molecule has 146 valence electrons. The maximum atomic E-state index is 11.6. The molecule has 1 saturated carbocycles. The van der Waals surface area contributed by atoms with Gasteiger partial charge in [0.2, 0.25) is 0 Å². The molecule has 4 N–H and O–H groups in total. The lowest BCUT2D eigenvalue weighted by Crippen LogP contribution is -2.67. The molecular formula is C21H34N2O3. The van der Waals surface area contributed by atoms with E-state index in [0.29, 0.717) is 19.0 Å². The Balaban J connectivity index is 2.22. The summed E-state index contributed by atoms with van der Waals surface area (Å²) in [5.41, 5.74) is -0.440. The number of hydrogen-bond acceptors (Lipinski definition) is 3. The minimum absolute atomic E-state index is 0.384. The Labute approximate surface area is 157 Å². The van der Waals surface area contributed by atoms with Crippen molar-refractivity contribution >= 4 is 6.09 Å². The molecule has 1 aliphatic rings. The SMILES string of the molecule is CC(C)(C)[C@](Cc1ccccc1)(NC(=O)O)[C@H](O)CNC1CCCCC1. The van der Waals surface area contributed by atoms with Crippen LogP contribution in [0.25, 0.3) is 0 Å². The Bertz CT molecular complexity index is 564.